The minimum atomic E-state index is -0.577. The van der Waals surface area contributed by atoms with E-state index in [1.54, 1.807) is 18.2 Å². The van der Waals surface area contributed by atoms with Crippen LogP contribution in [0.4, 0.5) is 21.6 Å². The number of H-pyrrole nitrogens is 1. The summed E-state index contributed by atoms with van der Waals surface area (Å²) >= 11 is 1.34. The molecule has 1 amide bonds. The monoisotopic (exact) mass is 501 g/mol. The molecule has 1 aliphatic rings. The lowest BCUT2D eigenvalue weighted by atomic mass is 10.1. The van der Waals surface area contributed by atoms with Crippen LogP contribution in [0.3, 0.4) is 0 Å². The number of carbonyl (C=O) groups excluding carboxylic acids is 1. The molecule has 0 bridgehead atoms. The predicted molar refractivity (Wildman–Crippen MR) is 137 cm³/mol. The van der Waals surface area contributed by atoms with Crippen LogP contribution in [0.15, 0.2) is 71.7 Å². The van der Waals surface area contributed by atoms with Crippen molar-refractivity contribution in [2.24, 2.45) is 0 Å². The second kappa shape index (κ2) is 9.02. The van der Waals surface area contributed by atoms with Gasteiger partial charge < -0.3 is 16.0 Å². The van der Waals surface area contributed by atoms with Gasteiger partial charge in [-0.25, -0.2) is 9.49 Å². The first-order valence-electron chi connectivity index (χ1n) is 11.3. The molecule has 4 N–H and O–H groups in total. The normalized spacial score (nSPS) is 13.5. The van der Waals surface area contributed by atoms with E-state index in [4.69, 9.17) is 0 Å². The van der Waals surface area contributed by atoms with Gasteiger partial charge in [0.15, 0.2) is 5.82 Å². The number of hydrogen-bond acceptors (Lipinski definition) is 7. The van der Waals surface area contributed by atoms with Crippen molar-refractivity contribution in [3.05, 3.63) is 87.9 Å². The van der Waals surface area contributed by atoms with Gasteiger partial charge in [-0.05, 0) is 41.8 Å². The topological polar surface area (TPSA) is 117 Å². The van der Waals surface area contributed by atoms with Crippen molar-refractivity contribution in [1.82, 2.24) is 25.3 Å². The Labute approximate surface area is 208 Å². The molecular weight excluding hydrogens is 481 g/mol. The molecule has 4 heterocycles. The Morgan fingerprint density at radius 2 is 1.94 bits per heavy atom. The van der Waals surface area contributed by atoms with E-state index in [0.29, 0.717) is 28.0 Å². The predicted octanol–water partition coefficient (Wildman–Crippen LogP) is 4.13. The highest BCUT2D eigenvalue weighted by Crippen LogP contribution is 2.28. The van der Waals surface area contributed by atoms with Crippen LogP contribution in [0.2, 0.25) is 0 Å². The number of amides is 1. The number of aromatic amines is 1. The number of halogens is 1. The fraction of sp³-hybridized carbons (Fsp3) is 0.120. The van der Waals surface area contributed by atoms with Gasteiger partial charge in [0.2, 0.25) is 0 Å². The highest BCUT2D eigenvalue weighted by molar-refractivity contribution is 7.20. The van der Waals surface area contributed by atoms with Crippen LogP contribution in [-0.4, -0.2) is 39.0 Å². The maximum absolute atomic E-state index is 14.6. The minimum Gasteiger partial charge on any atom is -0.334 e. The van der Waals surface area contributed by atoms with Gasteiger partial charge >= 0.3 is 0 Å². The van der Waals surface area contributed by atoms with Crippen LogP contribution in [0.1, 0.15) is 15.7 Å². The first-order chi connectivity index (χ1) is 17.5. The lowest BCUT2D eigenvalue weighted by molar-refractivity contribution is 0.103. The van der Waals surface area contributed by atoms with Crippen molar-refractivity contribution >= 4 is 44.5 Å². The van der Waals surface area contributed by atoms with E-state index in [-0.39, 0.29) is 11.4 Å². The third-order valence-corrected chi connectivity index (χ3v) is 7.08. The fourth-order valence-electron chi connectivity index (χ4n) is 3.91. The molecule has 0 radical (unpaired) electrons. The number of rotatable bonds is 6. The zero-order valence-electron chi connectivity index (χ0n) is 18.8. The van der Waals surface area contributed by atoms with Crippen molar-refractivity contribution in [3.8, 4) is 11.3 Å². The lowest BCUT2D eigenvalue weighted by Gasteiger charge is -2.27. The lowest BCUT2D eigenvalue weighted by Crippen LogP contribution is -2.43. The summed E-state index contributed by atoms with van der Waals surface area (Å²) in [5.41, 5.74) is 0.770. The first kappa shape index (κ1) is 22.1. The molecule has 3 aromatic heterocycles. The standard InChI is InChI=1S/C25H20FN7O2S/c26-17-6-5-14(9-19(17)29-25(35)22-10-15-3-1-2-4-21(15)36-22)18-11-20(24(34)31-30-18)28-23-7-8-33(32-23)16-12-27-13-16/h1-11,16,27H,12-13H2,(H,29,35)(H,31,34)(H,28,30,32). The molecule has 5 aromatic rings. The molecule has 9 nitrogen and oxygen atoms in total. The maximum atomic E-state index is 14.6. The highest BCUT2D eigenvalue weighted by atomic mass is 32.1. The Hall–Kier alpha value is -4.35. The van der Waals surface area contributed by atoms with Gasteiger partial charge in [0, 0.05) is 35.6 Å². The van der Waals surface area contributed by atoms with Crippen LogP contribution < -0.4 is 21.5 Å². The number of anilines is 3. The van der Waals surface area contributed by atoms with Crippen LogP contribution in [0.25, 0.3) is 21.3 Å². The first-order valence-corrected chi connectivity index (χ1v) is 12.1. The SMILES string of the molecule is O=C(Nc1cc(-c2cc(Nc3ccn(C4CNC4)n3)c(=O)[nH]n2)ccc1F)c1cc2ccccc2s1. The summed E-state index contributed by atoms with van der Waals surface area (Å²) < 4.78 is 17.4. The molecule has 0 unspecified atom stereocenters. The number of nitrogens with one attached hydrogen (secondary N) is 4. The number of carbonyl (C=O) groups is 1. The Morgan fingerprint density at radius 1 is 1.08 bits per heavy atom. The van der Waals surface area contributed by atoms with Gasteiger partial charge in [0.05, 0.1) is 22.3 Å². The molecule has 0 spiro atoms. The molecule has 11 heteroatoms. The molecule has 1 fully saturated rings. The van der Waals surface area contributed by atoms with Crippen LogP contribution in [0, 0.1) is 5.82 Å². The van der Waals surface area contributed by atoms with E-state index >= 15 is 0 Å². The quantitative estimate of drug-likeness (QED) is 0.278. The van der Waals surface area contributed by atoms with Crippen LogP contribution in [0.5, 0.6) is 0 Å². The molecule has 0 atom stereocenters. The number of nitrogens with zero attached hydrogens (tertiary/aromatic N) is 3. The van der Waals surface area contributed by atoms with Gasteiger partial charge in [-0.1, -0.05) is 18.2 Å². The molecule has 0 saturated carbocycles. The van der Waals surface area contributed by atoms with Gasteiger partial charge in [0.1, 0.15) is 11.5 Å². The van der Waals surface area contributed by atoms with E-state index in [0.717, 1.165) is 23.2 Å². The van der Waals surface area contributed by atoms with E-state index in [1.165, 1.54) is 29.5 Å². The van der Waals surface area contributed by atoms with E-state index in [2.05, 4.69) is 31.2 Å². The molecule has 2 aromatic carbocycles. The number of thiophene rings is 1. The minimum absolute atomic E-state index is 0.0188. The smallest absolute Gasteiger partial charge is 0.287 e. The average molecular weight is 502 g/mol. The van der Waals surface area contributed by atoms with E-state index in [1.807, 2.05) is 35.1 Å². The number of fused-ring (bicyclic) bond motifs is 1. The Morgan fingerprint density at radius 3 is 2.75 bits per heavy atom. The van der Waals surface area contributed by atoms with Crippen molar-refractivity contribution < 1.29 is 9.18 Å². The number of aromatic nitrogens is 4. The third kappa shape index (κ3) is 4.25. The zero-order valence-corrected chi connectivity index (χ0v) is 19.6. The maximum Gasteiger partial charge on any atom is 0.287 e. The van der Waals surface area contributed by atoms with Crippen LogP contribution in [-0.2, 0) is 0 Å². The summed E-state index contributed by atoms with van der Waals surface area (Å²) in [6.45, 7) is 1.71. The van der Waals surface area contributed by atoms with Gasteiger partial charge in [-0.15, -0.1) is 11.3 Å². The molecular formula is C25H20FN7O2S. The summed E-state index contributed by atoms with van der Waals surface area (Å²) in [4.78, 5) is 25.7. The molecule has 6 rings (SSSR count). The molecule has 180 valence electrons. The third-order valence-electron chi connectivity index (χ3n) is 5.97. The summed E-state index contributed by atoms with van der Waals surface area (Å²) in [5.74, 6) is -0.451. The van der Waals surface area contributed by atoms with E-state index < -0.39 is 17.3 Å². The van der Waals surface area contributed by atoms with Crippen molar-refractivity contribution in [1.29, 1.82) is 0 Å². The second-order valence-electron chi connectivity index (χ2n) is 8.41. The second-order valence-corrected chi connectivity index (χ2v) is 9.50. The largest absolute Gasteiger partial charge is 0.334 e. The van der Waals surface area contributed by atoms with E-state index in [9.17, 15) is 14.0 Å². The average Bonchev–Trinajstić information content (AvgIpc) is 3.48. The molecule has 1 aliphatic heterocycles. The Bertz CT molecular complexity index is 1620. The van der Waals surface area contributed by atoms with Crippen molar-refractivity contribution in [2.45, 2.75) is 6.04 Å². The fourth-order valence-corrected chi connectivity index (χ4v) is 4.87. The number of hydrogen-bond donors (Lipinski definition) is 4. The van der Waals surface area contributed by atoms with Crippen LogP contribution >= 0.6 is 11.3 Å². The van der Waals surface area contributed by atoms with Gasteiger partial charge in [0.25, 0.3) is 11.5 Å². The van der Waals surface area contributed by atoms with Crippen molar-refractivity contribution in [3.63, 3.8) is 0 Å². The molecule has 1 saturated heterocycles. The number of benzene rings is 2. The van der Waals surface area contributed by atoms with Gasteiger partial charge in [-0.2, -0.15) is 10.2 Å². The zero-order chi connectivity index (χ0) is 24.6. The van der Waals surface area contributed by atoms with Gasteiger partial charge in [-0.3, -0.25) is 14.3 Å². The van der Waals surface area contributed by atoms with Crippen molar-refractivity contribution in [2.75, 3.05) is 23.7 Å². The molecule has 36 heavy (non-hydrogen) atoms. The Balaban J connectivity index is 1.24. The molecule has 0 aliphatic carbocycles. The summed E-state index contributed by atoms with van der Waals surface area (Å²) in [6.07, 6.45) is 1.86. The highest BCUT2D eigenvalue weighted by Gasteiger charge is 2.20. The summed E-state index contributed by atoms with van der Waals surface area (Å²) in [6, 6.07) is 17.4. The summed E-state index contributed by atoms with van der Waals surface area (Å²) in [7, 11) is 0. The summed E-state index contributed by atoms with van der Waals surface area (Å²) in [5, 5.41) is 20.8. The Kier molecular flexibility index (Phi) is 5.55.